The van der Waals surface area contributed by atoms with Gasteiger partial charge in [0, 0.05) is 23.1 Å². The number of rotatable bonds is 5. The molecule has 7 heteroatoms. The van der Waals surface area contributed by atoms with Crippen molar-refractivity contribution in [1.29, 1.82) is 0 Å². The zero-order valence-corrected chi connectivity index (χ0v) is 18.4. The number of fused-ring (bicyclic) bond motifs is 3. The van der Waals surface area contributed by atoms with Gasteiger partial charge in [0.25, 0.3) is 5.91 Å². The van der Waals surface area contributed by atoms with Crippen molar-refractivity contribution in [3.05, 3.63) is 106 Å². The van der Waals surface area contributed by atoms with Crippen molar-refractivity contribution < 1.29 is 9.90 Å². The fourth-order valence-electron chi connectivity index (χ4n) is 4.27. The molecule has 0 bridgehead atoms. The summed E-state index contributed by atoms with van der Waals surface area (Å²) in [6, 6.07) is 12.2. The smallest absolute Gasteiger partial charge is 0.256 e. The highest BCUT2D eigenvalue weighted by atomic mass is 16.3. The highest BCUT2D eigenvalue weighted by Crippen LogP contribution is 2.42. The zero-order chi connectivity index (χ0) is 23.5. The number of aromatic hydroxyl groups is 1. The molecule has 2 aliphatic rings. The Morgan fingerprint density at radius 3 is 2.71 bits per heavy atom. The van der Waals surface area contributed by atoms with Crippen LogP contribution in [-0.4, -0.2) is 21.0 Å². The van der Waals surface area contributed by atoms with Crippen molar-refractivity contribution in [3.8, 4) is 17.0 Å². The lowest BCUT2D eigenvalue weighted by Crippen LogP contribution is -2.18. The van der Waals surface area contributed by atoms with E-state index < -0.39 is 0 Å². The molecule has 2 aliphatic carbocycles. The number of phenolic OH excluding ortho intramolecular Hbond substituents is 1. The van der Waals surface area contributed by atoms with Gasteiger partial charge in [0.1, 0.15) is 11.4 Å². The fraction of sp³-hybridized carbons (Fsp3) is 0.148. The van der Waals surface area contributed by atoms with Crippen molar-refractivity contribution in [2.24, 2.45) is 5.18 Å². The molecule has 168 valence electrons. The summed E-state index contributed by atoms with van der Waals surface area (Å²) >= 11 is 0. The molecule has 7 nitrogen and oxygen atoms in total. The molecular formula is C27H22N4O3. The first-order valence-electron chi connectivity index (χ1n) is 11.1. The van der Waals surface area contributed by atoms with Crippen LogP contribution in [0.1, 0.15) is 33.7 Å². The van der Waals surface area contributed by atoms with E-state index in [1.807, 2.05) is 42.5 Å². The Labute approximate surface area is 196 Å². The van der Waals surface area contributed by atoms with E-state index in [4.69, 9.17) is 9.97 Å². The van der Waals surface area contributed by atoms with Gasteiger partial charge in [-0.05, 0) is 48.7 Å². The number of aromatic nitrogens is 2. The molecular weight excluding hydrogens is 428 g/mol. The molecule has 0 atom stereocenters. The second kappa shape index (κ2) is 9.23. The van der Waals surface area contributed by atoms with E-state index in [0.29, 0.717) is 47.6 Å². The standard InChI is InChI=1S/C27H22N4O3/c32-25-20-13-14-21-24(19(20)12-15-22(25)31-34)28-23(16-17-8-4-1-2-5-9-17)26(29-21)30-27(33)18-10-6-3-7-11-18/h1-8,10-12,15,32H,9,13-14,16H2,(H,29,30,33). The quantitative estimate of drug-likeness (QED) is 0.494. The number of carbonyl (C=O) groups excluding carboxylic acids is 1. The molecule has 1 amide bonds. The normalized spacial score (nSPS) is 13.9. The first-order chi connectivity index (χ1) is 16.6. The number of anilines is 1. The van der Waals surface area contributed by atoms with Gasteiger partial charge >= 0.3 is 0 Å². The monoisotopic (exact) mass is 450 g/mol. The molecule has 2 aromatic carbocycles. The number of nitrogens with zero attached hydrogens (tertiary/aromatic N) is 3. The summed E-state index contributed by atoms with van der Waals surface area (Å²) in [5.74, 6) is 0.0792. The van der Waals surface area contributed by atoms with Crippen molar-refractivity contribution in [2.75, 3.05) is 5.32 Å². The van der Waals surface area contributed by atoms with Crippen LogP contribution in [0.4, 0.5) is 11.5 Å². The van der Waals surface area contributed by atoms with E-state index in [9.17, 15) is 14.8 Å². The van der Waals surface area contributed by atoms with E-state index in [1.165, 1.54) is 6.07 Å². The minimum atomic E-state index is -0.249. The molecule has 0 spiro atoms. The van der Waals surface area contributed by atoms with Crippen LogP contribution in [0.5, 0.6) is 5.75 Å². The third-order valence-electron chi connectivity index (χ3n) is 6.00. The van der Waals surface area contributed by atoms with Crippen LogP contribution in [0.25, 0.3) is 11.3 Å². The maximum absolute atomic E-state index is 12.9. The van der Waals surface area contributed by atoms with Gasteiger partial charge in [-0.3, -0.25) is 4.79 Å². The Kier molecular flexibility index (Phi) is 5.82. The summed E-state index contributed by atoms with van der Waals surface area (Å²) in [4.78, 5) is 33.7. The Bertz CT molecular complexity index is 1370. The van der Waals surface area contributed by atoms with E-state index in [0.717, 1.165) is 23.3 Å². The number of allylic oxidation sites excluding steroid dienone is 6. The average Bonchev–Trinajstić information content (AvgIpc) is 3.14. The molecule has 0 radical (unpaired) electrons. The third kappa shape index (κ3) is 4.15. The van der Waals surface area contributed by atoms with Crippen molar-refractivity contribution >= 4 is 17.4 Å². The van der Waals surface area contributed by atoms with E-state index in [-0.39, 0.29) is 17.3 Å². The molecule has 0 fully saturated rings. The van der Waals surface area contributed by atoms with Crippen molar-refractivity contribution in [3.63, 3.8) is 0 Å². The molecule has 3 aromatic rings. The zero-order valence-electron chi connectivity index (χ0n) is 18.4. The number of amides is 1. The van der Waals surface area contributed by atoms with Gasteiger partial charge in [-0.25, -0.2) is 9.97 Å². The maximum atomic E-state index is 12.9. The molecule has 1 heterocycles. The number of phenols is 1. The number of nitroso groups, excluding NO2 is 1. The first-order valence-corrected chi connectivity index (χ1v) is 11.1. The Balaban J connectivity index is 1.59. The van der Waals surface area contributed by atoms with Crippen LogP contribution in [0, 0.1) is 4.91 Å². The summed E-state index contributed by atoms with van der Waals surface area (Å²) in [5, 5.41) is 16.4. The van der Waals surface area contributed by atoms with Gasteiger partial charge in [0.05, 0.1) is 17.1 Å². The second-order valence-electron chi connectivity index (χ2n) is 8.20. The minimum Gasteiger partial charge on any atom is -0.505 e. The molecule has 0 aliphatic heterocycles. The molecule has 2 N–H and O–H groups in total. The summed E-state index contributed by atoms with van der Waals surface area (Å²) in [6.07, 6.45) is 12.4. The molecule has 0 unspecified atom stereocenters. The van der Waals surface area contributed by atoms with Gasteiger partial charge in [-0.2, -0.15) is 0 Å². The highest BCUT2D eigenvalue weighted by molar-refractivity contribution is 6.04. The predicted octanol–water partition coefficient (Wildman–Crippen LogP) is 5.58. The summed E-state index contributed by atoms with van der Waals surface area (Å²) in [6.45, 7) is 0. The number of benzene rings is 2. The molecule has 0 saturated carbocycles. The number of nitrogens with one attached hydrogen (secondary N) is 1. The van der Waals surface area contributed by atoms with Crippen LogP contribution >= 0.6 is 0 Å². The number of aryl methyl sites for hydroxylation is 1. The van der Waals surface area contributed by atoms with Gasteiger partial charge in [0.15, 0.2) is 5.82 Å². The summed E-state index contributed by atoms with van der Waals surface area (Å²) < 4.78 is 0. The number of hydrogen-bond acceptors (Lipinski definition) is 6. The lowest BCUT2D eigenvalue weighted by atomic mass is 9.90. The average molecular weight is 450 g/mol. The second-order valence-corrected chi connectivity index (χ2v) is 8.20. The van der Waals surface area contributed by atoms with E-state index in [2.05, 4.69) is 16.6 Å². The van der Waals surface area contributed by atoms with E-state index in [1.54, 1.807) is 18.2 Å². The number of carbonyl (C=O) groups is 1. The van der Waals surface area contributed by atoms with Crippen LogP contribution in [0.3, 0.4) is 0 Å². The van der Waals surface area contributed by atoms with E-state index >= 15 is 0 Å². The first kappa shape index (κ1) is 21.5. The van der Waals surface area contributed by atoms with Crippen molar-refractivity contribution in [2.45, 2.75) is 25.7 Å². The Morgan fingerprint density at radius 1 is 1.03 bits per heavy atom. The Hall–Kier alpha value is -4.39. The van der Waals surface area contributed by atoms with Gasteiger partial charge in [-0.1, -0.05) is 54.2 Å². The third-order valence-corrected chi connectivity index (χ3v) is 6.00. The maximum Gasteiger partial charge on any atom is 0.256 e. The minimum absolute atomic E-state index is 0.0179. The van der Waals surface area contributed by atoms with Crippen LogP contribution in [0.15, 0.2) is 83.6 Å². The lowest BCUT2D eigenvalue weighted by Gasteiger charge is -2.22. The molecule has 1 aromatic heterocycles. The number of hydrogen-bond donors (Lipinski definition) is 2. The van der Waals surface area contributed by atoms with Crippen LogP contribution < -0.4 is 5.32 Å². The molecule has 34 heavy (non-hydrogen) atoms. The molecule has 0 saturated heterocycles. The SMILES string of the molecule is O=Nc1ccc2c(c1O)CCc1nc(NC(=O)c3ccccc3)c(CC3=CC=CC=CC3)nc1-2. The van der Waals surface area contributed by atoms with Gasteiger partial charge < -0.3 is 10.4 Å². The fourth-order valence-corrected chi connectivity index (χ4v) is 4.27. The van der Waals surface area contributed by atoms with Gasteiger partial charge in [-0.15, -0.1) is 4.91 Å². The van der Waals surface area contributed by atoms with Crippen LogP contribution in [0.2, 0.25) is 0 Å². The van der Waals surface area contributed by atoms with Crippen LogP contribution in [-0.2, 0) is 19.3 Å². The molecule has 5 rings (SSSR count). The predicted molar refractivity (Wildman–Crippen MR) is 131 cm³/mol. The largest absolute Gasteiger partial charge is 0.505 e. The topological polar surface area (TPSA) is 105 Å². The lowest BCUT2D eigenvalue weighted by molar-refractivity contribution is 0.102. The summed E-state index contributed by atoms with van der Waals surface area (Å²) in [5.41, 5.74) is 5.10. The highest BCUT2D eigenvalue weighted by Gasteiger charge is 2.26. The summed E-state index contributed by atoms with van der Waals surface area (Å²) in [7, 11) is 0. The van der Waals surface area contributed by atoms with Gasteiger partial charge in [0.2, 0.25) is 0 Å². The Morgan fingerprint density at radius 2 is 1.88 bits per heavy atom. The van der Waals surface area contributed by atoms with Crippen molar-refractivity contribution in [1.82, 2.24) is 9.97 Å².